The molecule has 15 heavy (non-hydrogen) atoms. The summed E-state index contributed by atoms with van der Waals surface area (Å²) >= 11 is 5.86. The van der Waals surface area contributed by atoms with Crippen molar-refractivity contribution in [2.75, 3.05) is 6.61 Å². The van der Waals surface area contributed by atoms with E-state index >= 15 is 0 Å². The van der Waals surface area contributed by atoms with Crippen LogP contribution in [0.25, 0.3) is 0 Å². The Labute approximate surface area is 95.2 Å². The molecule has 0 amide bonds. The zero-order valence-corrected chi connectivity index (χ0v) is 9.97. The molecule has 0 N–H and O–H groups in total. The van der Waals surface area contributed by atoms with E-state index in [4.69, 9.17) is 16.3 Å². The maximum atomic E-state index is 11.7. The fourth-order valence-electron chi connectivity index (χ4n) is 1.22. The first-order valence-corrected chi connectivity index (χ1v) is 5.29. The summed E-state index contributed by atoms with van der Waals surface area (Å²) in [6, 6.07) is 5.31. The van der Waals surface area contributed by atoms with Gasteiger partial charge in [0, 0.05) is 10.6 Å². The summed E-state index contributed by atoms with van der Waals surface area (Å²) in [6.45, 7) is 5.82. The van der Waals surface area contributed by atoms with Gasteiger partial charge in [-0.15, -0.1) is 0 Å². The average Bonchev–Trinajstić information content (AvgIpc) is 2.12. The molecule has 0 fully saturated rings. The molecule has 0 spiro atoms. The van der Waals surface area contributed by atoms with Gasteiger partial charge in [0.25, 0.3) is 0 Å². The monoisotopic (exact) mass is 226 g/mol. The van der Waals surface area contributed by atoms with E-state index in [-0.39, 0.29) is 18.5 Å². The minimum atomic E-state index is -0.0331. The third kappa shape index (κ3) is 4.02. The van der Waals surface area contributed by atoms with Gasteiger partial charge >= 0.3 is 0 Å². The Hall–Kier alpha value is -0.860. The highest BCUT2D eigenvalue weighted by molar-refractivity contribution is 6.31. The first kappa shape index (κ1) is 12.2. The summed E-state index contributed by atoms with van der Waals surface area (Å²) in [5, 5.41) is 0.586. The molecule has 0 aromatic heterocycles. The summed E-state index contributed by atoms with van der Waals surface area (Å²) in [7, 11) is 0. The van der Waals surface area contributed by atoms with Crippen molar-refractivity contribution in [1.29, 1.82) is 0 Å². The predicted molar refractivity (Wildman–Crippen MR) is 61.6 cm³/mol. The Balaban J connectivity index is 2.73. The first-order chi connectivity index (χ1) is 6.99. The topological polar surface area (TPSA) is 26.3 Å². The van der Waals surface area contributed by atoms with Gasteiger partial charge in [-0.2, -0.15) is 0 Å². The van der Waals surface area contributed by atoms with E-state index in [2.05, 4.69) is 0 Å². The molecule has 1 rings (SSSR count). The molecule has 0 radical (unpaired) electrons. The fraction of sp³-hybridized carbons (Fsp3) is 0.417. The fourth-order valence-corrected chi connectivity index (χ4v) is 1.51. The molecule has 0 unspecified atom stereocenters. The smallest absolute Gasteiger partial charge is 0.188 e. The van der Waals surface area contributed by atoms with Crippen LogP contribution in [0.4, 0.5) is 0 Å². The summed E-state index contributed by atoms with van der Waals surface area (Å²) in [5.41, 5.74) is 1.59. The maximum absolute atomic E-state index is 11.7. The molecule has 0 aliphatic heterocycles. The van der Waals surface area contributed by atoms with E-state index in [1.807, 2.05) is 32.9 Å². The van der Waals surface area contributed by atoms with Crippen LogP contribution in [0.5, 0.6) is 0 Å². The van der Waals surface area contributed by atoms with Gasteiger partial charge in [0.2, 0.25) is 0 Å². The molecule has 0 atom stereocenters. The van der Waals surface area contributed by atoms with Gasteiger partial charge in [0.1, 0.15) is 6.61 Å². The van der Waals surface area contributed by atoms with Crippen molar-refractivity contribution in [2.45, 2.75) is 26.9 Å². The molecule has 0 saturated heterocycles. The van der Waals surface area contributed by atoms with Gasteiger partial charge < -0.3 is 4.74 Å². The van der Waals surface area contributed by atoms with Gasteiger partial charge in [-0.3, -0.25) is 4.79 Å². The van der Waals surface area contributed by atoms with Gasteiger partial charge in [-0.1, -0.05) is 11.6 Å². The van der Waals surface area contributed by atoms with Crippen LogP contribution in [-0.4, -0.2) is 18.5 Å². The molecule has 0 aliphatic rings. The van der Waals surface area contributed by atoms with E-state index in [0.717, 1.165) is 5.56 Å². The number of hydrogen-bond acceptors (Lipinski definition) is 2. The largest absolute Gasteiger partial charge is 0.371 e. The lowest BCUT2D eigenvalue weighted by Crippen LogP contribution is -2.13. The highest BCUT2D eigenvalue weighted by atomic mass is 35.5. The van der Waals surface area contributed by atoms with Gasteiger partial charge in [0.15, 0.2) is 5.78 Å². The lowest BCUT2D eigenvalue weighted by molar-refractivity contribution is 0.0585. The van der Waals surface area contributed by atoms with Gasteiger partial charge in [-0.05, 0) is 44.5 Å². The minimum Gasteiger partial charge on any atom is -0.371 e. The average molecular weight is 227 g/mol. The number of carbonyl (C=O) groups is 1. The molecule has 0 saturated carbocycles. The first-order valence-electron chi connectivity index (χ1n) is 4.91. The zero-order valence-electron chi connectivity index (χ0n) is 9.21. The van der Waals surface area contributed by atoms with Crippen LogP contribution in [0.2, 0.25) is 5.02 Å². The van der Waals surface area contributed by atoms with Gasteiger partial charge in [0.05, 0.1) is 6.10 Å². The van der Waals surface area contributed by atoms with Crippen molar-refractivity contribution in [3.05, 3.63) is 34.3 Å². The second kappa shape index (κ2) is 5.29. The van der Waals surface area contributed by atoms with Gasteiger partial charge in [-0.25, -0.2) is 0 Å². The Morgan fingerprint density at radius 1 is 1.40 bits per heavy atom. The highest BCUT2D eigenvalue weighted by Crippen LogP contribution is 2.15. The number of carbonyl (C=O) groups excluding carboxylic acids is 1. The number of aryl methyl sites for hydroxylation is 1. The number of rotatable bonds is 4. The summed E-state index contributed by atoms with van der Waals surface area (Å²) in [4.78, 5) is 11.7. The Morgan fingerprint density at radius 2 is 2.07 bits per heavy atom. The highest BCUT2D eigenvalue weighted by Gasteiger charge is 2.08. The molecule has 1 aromatic carbocycles. The SMILES string of the molecule is Cc1cc(Cl)cc(C(=O)COC(C)C)c1. The molecular weight excluding hydrogens is 212 g/mol. The third-order valence-corrected chi connectivity index (χ3v) is 2.13. The van der Waals surface area contributed by atoms with E-state index in [9.17, 15) is 4.79 Å². The van der Waals surface area contributed by atoms with Crippen LogP contribution in [0.3, 0.4) is 0 Å². The van der Waals surface area contributed by atoms with Crippen molar-refractivity contribution in [3.63, 3.8) is 0 Å². The molecule has 1 aromatic rings. The van der Waals surface area contributed by atoms with E-state index < -0.39 is 0 Å². The van der Waals surface area contributed by atoms with Crippen molar-refractivity contribution in [3.8, 4) is 0 Å². The third-order valence-electron chi connectivity index (χ3n) is 1.91. The second-order valence-corrected chi connectivity index (χ2v) is 4.24. The van der Waals surface area contributed by atoms with E-state index in [0.29, 0.717) is 10.6 Å². The lowest BCUT2D eigenvalue weighted by Gasteiger charge is -2.07. The molecule has 0 heterocycles. The Bertz CT molecular complexity index is 338. The number of Topliss-reactive ketones (excluding diaryl/α,β-unsaturated/α-hetero) is 1. The number of ether oxygens (including phenoxy) is 1. The van der Waals surface area contributed by atoms with Crippen LogP contribution >= 0.6 is 11.6 Å². The van der Waals surface area contributed by atoms with Crippen molar-refractivity contribution in [2.24, 2.45) is 0 Å². The van der Waals surface area contributed by atoms with Crippen LogP contribution in [0.1, 0.15) is 29.8 Å². The predicted octanol–water partition coefficient (Wildman–Crippen LogP) is 3.26. The van der Waals surface area contributed by atoms with Crippen LogP contribution < -0.4 is 0 Å². The summed E-state index contributed by atoms with van der Waals surface area (Å²) < 4.78 is 5.25. The Morgan fingerprint density at radius 3 is 2.60 bits per heavy atom. The van der Waals surface area contributed by atoms with Crippen molar-refractivity contribution in [1.82, 2.24) is 0 Å². The molecular formula is C12H15ClO2. The number of benzene rings is 1. The van der Waals surface area contributed by atoms with Crippen molar-refractivity contribution >= 4 is 17.4 Å². The molecule has 0 bridgehead atoms. The second-order valence-electron chi connectivity index (χ2n) is 3.80. The number of hydrogen-bond donors (Lipinski definition) is 0. The van der Waals surface area contributed by atoms with Crippen LogP contribution in [-0.2, 0) is 4.74 Å². The molecule has 3 heteroatoms. The summed E-state index contributed by atoms with van der Waals surface area (Å²) in [5.74, 6) is -0.0331. The minimum absolute atomic E-state index is 0.0331. The molecule has 82 valence electrons. The normalized spacial score (nSPS) is 10.7. The number of ketones is 1. The quantitative estimate of drug-likeness (QED) is 0.737. The van der Waals surface area contributed by atoms with E-state index in [1.54, 1.807) is 6.07 Å². The van der Waals surface area contributed by atoms with Crippen LogP contribution in [0.15, 0.2) is 18.2 Å². The molecule has 2 nitrogen and oxygen atoms in total. The maximum Gasteiger partial charge on any atom is 0.188 e. The van der Waals surface area contributed by atoms with Crippen molar-refractivity contribution < 1.29 is 9.53 Å². The number of halogens is 1. The summed E-state index contributed by atoms with van der Waals surface area (Å²) in [6.07, 6.45) is 0.0641. The Kier molecular flexibility index (Phi) is 4.30. The standard InChI is InChI=1S/C12H15ClO2/c1-8(2)15-7-12(14)10-4-9(3)5-11(13)6-10/h4-6,8H,7H2,1-3H3. The van der Waals surface area contributed by atoms with E-state index in [1.165, 1.54) is 0 Å². The van der Waals surface area contributed by atoms with Crippen LogP contribution in [0, 0.1) is 6.92 Å². The lowest BCUT2D eigenvalue weighted by atomic mass is 10.1. The molecule has 0 aliphatic carbocycles. The zero-order chi connectivity index (χ0) is 11.4.